The maximum atomic E-state index is 9.40. The maximum Gasteiger partial charge on any atom is 0.123 e. The first kappa shape index (κ1) is 13.3. The Labute approximate surface area is 115 Å². The smallest absolute Gasteiger partial charge is 0.123 e. The number of anilines is 1. The minimum atomic E-state index is -0.530. The predicted molar refractivity (Wildman–Crippen MR) is 77.5 cm³/mol. The van der Waals surface area contributed by atoms with E-state index in [4.69, 9.17) is 11.6 Å². The molecule has 0 fully saturated rings. The Balaban J connectivity index is 2.10. The van der Waals surface area contributed by atoms with Crippen molar-refractivity contribution in [2.75, 3.05) is 17.7 Å². The summed E-state index contributed by atoms with van der Waals surface area (Å²) in [6.45, 7) is 2.43. The lowest BCUT2D eigenvalue weighted by Gasteiger charge is -2.10. The topological polar surface area (TPSA) is 45.1 Å². The van der Waals surface area contributed by atoms with Gasteiger partial charge in [-0.2, -0.15) is 0 Å². The summed E-state index contributed by atoms with van der Waals surface area (Å²) in [6.07, 6.45) is -0.530. The summed E-state index contributed by atoms with van der Waals surface area (Å²) in [6, 6.07) is 7.99. The van der Waals surface area contributed by atoms with Crippen molar-refractivity contribution >= 4 is 28.6 Å². The van der Waals surface area contributed by atoms with E-state index in [0.29, 0.717) is 6.54 Å². The van der Waals surface area contributed by atoms with Crippen LogP contribution in [0.1, 0.15) is 5.69 Å². The highest BCUT2D eigenvalue weighted by Gasteiger charge is 2.05. The molecule has 0 bridgehead atoms. The van der Waals surface area contributed by atoms with Gasteiger partial charge in [-0.1, -0.05) is 12.1 Å². The van der Waals surface area contributed by atoms with Gasteiger partial charge < -0.3 is 10.4 Å². The third-order valence-corrected chi connectivity index (χ3v) is 3.81. The SMILES string of the molecule is Cc1csc(-c2cccc(NCC(O)CCl)c2)n1. The summed E-state index contributed by atoms with van der Waals surface area (Å²) in [5.41, 5.74) is 3.08. The second-order valence-electron chi connectivity index (χ2n) is 4.06. The summed E-state index contributed by atoms with van der Waals surface area (Å²) >= 11 is 7.18. The third kappa shape index (κ3) is 3.45. The van der Waals surface area contributed by atoms with Gasteiger partial charge in [-0.3, -0.25) is 0 Å². The first-order chi connectivity index (χ1) is 8.69. The zero-order valence-electron chi connectivity index (χ0n) is 10.1. The van der Waals surface area contributed by atoms with E-state index in [1.807, 2.05) is 36.6 Å². The summed E-state index contributed by atoms with van der Waals surface area (Å²) in [4.78, 5) is 4.45. The second-order valence-corrected chi connectivity index (χ2v) is 5.23. The molecule has 1 aromatic carbocycles. The number of aryl methyl sites for hydroxylation is 1. The van der Waals surface area contributed by atoms with E-state index in [1.165, 1.54) is 0 Å². The molecule has 2 aromatic rings. The lowest BCUT2D eigenvalue weighted by Crippen LogP contribution is -2.20. The Hall–Kier alpha value is -1.10. The molecule has 0 saturated carbocycles. The van der Waals surface area contributed by atoms with Crippen LogP contribution in [0, 0.1) is 6.92 Å². The summed E-state index contributed by atoms with van der Waals surface area (Å²) < 4.78 is 0. The number of hydrogen-bond acceptors (Lipinski definition) is 4. The molecule has 1 atom stereocenters. The van der Waals surface area contributed by atoms with E-state index in [-0.39, 0.29) is 5.88 Å². The number of aliphatic hydroxyl groups excluding tert-OH is 1. The largest absolute Gasteiger partial charge is 0.390 e. The van der Waals surface area contributed by atoms with Gasteiger partial charge in [0.05, 0.1) is 12.0 Å². The number of benzene rings is 1. The molecule has 1 aromatic heterocycles. The van der Waals surface area contributed by atoms with Gasteiger partial charge >= 0.3 is 0 Å². The molecule has 0 radical (unpaired) electrons. The van der Waals surface area contributed by atoms with Crippen molar-refractivity contribution in [2.24, 2.45) is 0 Å². The van der Waals surface area contributed by atoms with Gasteiger partial charge in [-0.25, -0.2) is 4.98 Å². The molecule has 3 nitrogen and oxygen atoms in total. The number of aliphatic hydroxyl groups is 1. The van der Waals surface area contributed by atoms with Crippen LogP contribution in [0.25, 0.3) is 10.6 Å². The van der Waals surface area contributed by atoms with Crippen molar-refractivity contribution in [3.63, 3.8) is 0 Å². The summed E-state index contributed by atoms with van der Waals surface area (Å²) in [7, 11) is 0. The molecule has 18 heavy (non-hydrogen) atoms. The highest BCUT2D eigenvalue weighted by Crippen LogP contribution is 2.25. The fourth-order valence-corrected chi connectivity index (χ4v) is 2.44. The number of hydrogen-bond donors (Lipinski definition) is 2. The van der Waals surface area contributed by atoms with E-state index >= 15 is 0 Å². The summed E-state index contributed by atoms with van der Waals surface area (Å²) in [5.74, 6) is 0.234. The fourth-order valence-electron chi connectivity index (χ4n) is 1.54. The number of thiazole rings is 1. The zero-order valence-corrected chi connectivity index (χ0v) is 11.6. The minimum Gasteiger partial charge on any atom is -0.390 e. The Morgan fingerprint density at radius 3 is 3.00 bits per heavy atom. The predicted octanol–water partition coefficient (Wildman–Crippen LogP) is 3.13. The number of halogens is 1. The molecular weight excluding hydrogens is 268 g/mol. The van der Waals surface area contributed by atoms with Crippen LogP contribution >= 0.6 is 22.9 Å². The average molecular weight is 283 g/mol. The lowest BCUT2D eigenvalue weighted by molar-refractivity contribution is 0.211. The van der Waals surface area contributed by atoms with Crippen molar-refractivity contribution in [1.82, 2.24) is 4.98 Å². The Morgan fingerprint density at radius 2 is 2.33 bits per heavy atom. The molecule has 0 aliphatic rings. The van der Waals surface area contributed by atoms with Crippen LogP contribution in [-0.2, 0) is 0 Å². The lowest BCUT2D eigenvalue weighted by atomic mass is 10.2. The van der Waals surface area contributed by atoms with Gasteiger partial charge in [0.2, 0.25) is 0 Å². The number of rotatable bonds is 5. The standard InChI is InChI=1S/C13H15ClN2OS/c1-9-8-18-13(16-9)10-3-2-4-11(5-10)15-7-12(17)6-14/h2-5,8,12,15,17H,6-7H2,1H3. The molecule has 2 rings (SSSR count). The van der Waals surface area contributed by atoms with E-state index in [9.17, 15) is 5.11 Å². The molecule has 0 aliphatic carbocycles. The second kappa shape index (κ2) is 6.18. The zero-order chi connectivity index (χ0) is 13.0. The molecule has 0 saturated heterocycles. The molecule has 0 spiro atoms. The fraction of sp³-hybridized carbons (Fsp3) is 0.308. The van der Waals surface area contributed by atoms with Crippen molar-refractivity contribution in [3.8, 4) is 10.6 Å². The molecule has 0 amide bonds. The van der Waals surface area contributed by atoms with Crippen LogP contribution in [0.3, 0.4) is 0 Å². The van der Waals surface area contributed by atoms with Crippen LogP contribution in [0.5, 0.6) is 0 Å². The highest BCUT2D eigenvalue weighted by atomic mass is 35.5. The number of nitrogens with one attached hydrogen (secondary N) is 1. The normalized spacial score (nSPS) is 12.4. The maximum absolute atomic E-state index is 9.40. The Kier molecular flexibility index (Phi) is 4.58. The van der Waals surface area contributed by atoms with E-state index in [2.05, 4.69) is 10.3 Å². The Morgan fingerprint density at radius 1 is 1.50 bits per heavy atom. The van der Waals surface area contributed by atoms with Gasteiger partial charge in [-0.15, -0.1) is 22.9 Å². The van der Waals surface area contributed by atoms with Gasteiger partial charge in [0.1, 0.15) is 5.01 Å². The van der Waals surface area contributed by atoms with Gasteiger partial charge in [-0.05, 0) is 19.1 Å². The van der Waals surface area contributed by atoms with Crippen molar-refractivity contribution in [2.45, 2.75) is 13.0 Å². The molecule has 0 aliphatic heterocycles. The monoisotopic (exact) mass is 282 g/mol. The van der Waals surface area contributed by atoms with Gasteiger partial charge in [0, 0.05) is 28.9 Å². The van der Waals surface area contributed by atoms with Crippen molar-refractivity contribution < 1.29 is 5.11 Å². The average Bonchev–Trinajstić information content (AvgIpc) is 2.83. The van der Waals surface area contributed by atoms with Crippen LogP contribution in [0.4, 0.5) is 5.69 Å². The molecule has 96 valence electrons. The quantitative estimate of drug-likeness (QED) is 0.828. The van der Waals surface area contributed by atoms with Crippen LogP contribution in [-0.4, -0.2) is 28.6 Å². The summed E-state index contributed by atoms with van der Waals surface area (Å²) in [5, 5.41) is 15.6. The molecule has 5 heteroatoms. The highest BCUT2D eigenvalue weighted by molar-refractivity contribution is 7.13. The minimum absolute atomic E-state index is 0.234. The number of nitrogens with zero attached hydrogens (tertiary/aromatic N) is 1. The van der Waals surface area contributed by atoms with Crippen LogP contribution in [0.2, 0.25) is 0 Å². The first-order valence-electron chi connectivity index (χ1n) is 5.69. The van der Waals surface area contributed by atoms with Gasteiger partial charge in [0.15, 0.2) is 0 Å². The molecule has 2 N–H and O–H groups in total. The third-order valence-electron chi connectivity index (χ3n) is 2.45. The molecular formula is C13H15ClN2OS. The van der Waals surface area contributed by atoms with Crippen LogP contribution in [0.15, 0.2) is 29.6 Å². The van der Waals surface area contributed by atoms with Crippen molar-refractivity contribution in [3.05, 3.63) is 35.3 Å². The van der Waals surface area contributed by atoms with Crippen LogP contribution < -0.4 is 5.32 Å². The Bertz CT molecular complexity index is 515. The molecule has 1 heterocycles. The number of aromatic nitrogens is 1. The molecule has 1 unspecified atom stereocenters. The van der Waals surface area contributed by atoms with Crippen molar-refractivity contribution in [1.29, 1.82) is 0 Å². The van der Waals surface area contributed by atoms with E-state index in [0.717, 1.165) is 22.0 Å². The van der Waals surface area contributed by atoms with Gasteiger partial charge in [0.25, 0.3) is 0 Å². The van der Waals surface area contributed by atoms with E-state index in [1.54, 1.807) is 11.3 Å². The first-order valence-corrected chi connectivity index (χ1v) is 7.11. The number of alkyl halides is 1. The van der Waals surface area contributed by atoms with E-state index < -0.39 is 6.10 Å².